The molecule has 2 rings (SSSR count). The van der Waals surface area contributed by atoms with E-state index in [4.69, 9.17) is 0 Å². The van der Waals surface area contributed by atoms with Crippen LogP contribution in [0.1, 0.15) is 38.2 Å². The highest BCUT2D eigenvalue weighted by atomic mass is 127. The van der Waals surface area contributed by atoms with Gasteiger partial charge in [-0.1, -0.05) is 37.6 Å². The number of rotatable bonds is 4. The Labute approximate surface area is 117 Å². The summed E-state index contributed by atoms with van der Waals surface area (Å²) in [4.78, 5) is 4.65. The summed E-state index contributed by atoms with van der Waals surface area (Å²) in [6, 6.07) is 8.60. The maximum absolute atomic E-state index is 4.65. The van der Waals surface area contributed by atoms with Crippen LogP contribution >= 0.6 is 22.6 Å². The van der Waals surface area contributed by atoms with E-state index in [0.29, 0.717) is 0 Å². The SMILES string of the molecule is CCC/C=C(/C1=NCCC1)c1ccccc1I. The summed E-state index contributed by atoms with van der Waals surface area (Å²) < 4.78 is 1.32. The number of unbranched alkanes of at least 4 members (excludes halogenated alkanes) is 1. The normalized spacial score (nSPS) is 16.1. The van der Waals surface area contributed by atoms with E-state index < -0.39 is 0 Å². The largest absolute Gasteiger partial charge is 0.289 e. The molecule has 1 aliphatic heterocycles. The summed E-state index contributed by atoms with van der Waals surface area (Å²) in [6.07, 6.45) is 7.05. The third-order valence-electron chi connectivity index (χ3n) is 2.99. The molecule has 0 aliphatic carbocycles. The number of benzene rings is 1. The van der Waals surface area contributed by atoms with Gasteiger partial charge in [0.05, 0.1) is 0 Å². The number of allylic oxidation sites excluding steroid dienone is 2. The molecule has 0 aromatic heterocycles. The first kappa shape index (κ1) is 12.8. The molecule has 0 saturated heterocycles. The van der Waals surface area contributed by atoms with Crippen molar-refractivity contribution in [2.45, 2.75) is 32.6 Å². The quantitative estimate of drug-likeness (QED) is 0.705. The van der Waals surface area contributed by atoms with Crippen LogP contribution in [0.5, 0.6) is 0 Å². The van der Waals surface area contributed by atoms with Gasteiger partial charge in [-0.05, 0) is 59.1 Å². The molecular weight excluding hydrogens is 321 g/mol. The standard InChI is InChI=1S/C15H18IN/c1-2-3-7-13(15-10-6-11-17-15)12-8-4-5-9-14(12)16/h4-5,7-9H,2-3,6,10-11H2,1H3/b13-7+. The van der Waals surface area contributed by atoms with Gasteiger partial charge in [-0.15, -0.1) is 0 Å². The molecule has 17 heavy (non-hydrogen) atoms. The zero-order valence-electron chi connectivity index (χ0n) is 10.2. The lowest BCUT2D eigenvalue weighted by atomic mass is 9.98. The van der Waals surface area contributed by atoms with Crippen LogP contribution in [-0.2, 0) is 0 Å². The predicted octanol–water partition coefficient (Wildman–Crippen LogP) is 4.71. The van der Waals surface area contributed by atoms with Gasteiger partial charge in [-0.2, -0.15) is 0 Å². The van der Waals surface area contributed by atoms with E-state index in [-0.39, 0.29) is 0 Å². The summed E-state index contributed by atoms with van der Waals surface area (Å²) >= 11 is 2.42. The highest BCUT2D eigenvalue weighted by Crippen LogP contribution is 2.26. The smallest absolute Gasteiger partial charge is 0.0424 e. The van der Waals surface area contributed by atoms with Crippen molar-refractivity contribution in [3.63, 3.8) is 0 Å². The molecule has 0 fully saturated rings. The molecule has 0 unspecified atom stereocenters. The fourth-order valence-corrected chi connectivity index (χ4v) is 2.79. The Morgan fingerprint density at radius 3 is 2.88 bits per heavy atom. The van der Waals surface area contributed by atoms with Gasteiger partial charge < -0.3 is 0 Å². The third kappa shape index (κ3) is 3.18. The molecule has 90 valence electrons. The van der Waals surface area contributed by atoms with Gasteiger partial charge in [-0.25, -0.2) is 0 Å². The van der Waals surface area contributed by atoms with Crippen molar-refractivity contribution in [1.29, 1.82) is 0 Å². The molecule has 1 aromatic carbocycles. The number of hydrogen-bond donors (Lipinski definition) is 0. The minimum Gasteiger partial charge on any atom is -0.289 e. The Hall–Kier alpha value is -0.640. The minimum atomic E-state index is 1.00. The van der Waals surface area contributed by atoms with Crippen molar-refractivity contribution in [3.8, 4) is 0 Å². The molecule has 1 heterocycles. The first-order chi connectivity index (χ1) is 8.33. The van der Waals surface area contributed by atoms with Crippen LogP contribution in [-0.4, -0.2) is 12.3 Å². The number of aliphatic imine (C=N–C) groups is 1. The van der Waals surface area contributed by atoms with Crippen molar-refractivity contribution in [1.82, 2.24) is 0 Å². The zero-order chi connectivity index (χ0) is 12.1. The summed E-state index contributed by atoms with van der Waals surface area (Å²) in [6.45, 7) is 3.22. The first-order valence-corrected chi connectivity index (χ1v) is 7.39. The van der Waals surface area contributed by atoms with Gasteiger partial charge >= 0.3 is 0 Å². The second kappa shape index (κ2) is 6.34. The molecule has 0 saturated carbocycles. The van der Waals surface area contributed by atoms with Crippen LogP contribution in [0.15, 0.2) is 35.3 Å². The van der Waals surface area contributed by atoms with E-state index in [2.05, 4.69) is 64.8 Å². The highest BCUT2D eigenvalue weighted by Gasteiger charge is 2.14. The van der Waals surface area contributed by atoms with Crippen molar-refractivity contribution in [2.75, 3.05) is 6.54 Å². The molecule has 0 atom stereocenters. The van der Waals surface area contributed by atoms with Crippen molar-refractivity contribution in [3.05, 3.63) is 39.5 Å². The predicted molar refractivity (Wildman–Crippen MR) is 83.6 cm³/mol. The average Bonchev–Trinajstić information content (AvgIpc) is 2.85. The van der Waals surface area contributed by atoms with E-state index in [1.807, 2.05) is 0 Å². The molecular formula is C15H18IN. The zero-order valence-corrected chi connectivity index (χ0v) is 12.4. The Bertz CT molecular complexity index is 446. The second-order valence-corrected chi connectivity index (χ2v) is 5.48. The Balaban J connectivity index is 2.37. The van der Waals surface area contributed by atoms with Crippen LogP contribution < -0.4 is 0 Å². The lowest BCUT2D eigenvalue weighted by Crippen LogP contribution is -2.00. The van der Waals surface area contributed by atoms with Gasteiger partial charge in [0.2, 0.25) is 0 Å². The summed E-state index contributed by atoms with van der Waals surface area (Å²) in [5.74, 6) is 0. The highest BCUT2D eigenvalue weighted by molar-refractivity contribution is 14.1. The van der Waals surface area contributed by atoms with E-state index in [1.54, 1.807) is 0 Å². The van der Waals surface area contributed by atoms with Crippen LogP contribution in [0, 0.1) is 3.57 Å². The number of hydrogen-bond acceptors (Lipinski definition) is 1. The van der Waals surface area contributed by atoms with Crippen LogP contribution in [0.3, 0.4) is 0 Å². The summed E-state index contributed by atoms with van der Waals surface area (Å²) in [7, 11) is 0. The van der Waals surface area contributed by atoms with E-state index >= 15 is 0 Å². The molecule has 1 nitrogen and oxygen atoms in total. The second-order valence-electron chi connectivity index (χ2n) is 4.32. The molecule has 2 heteroatoms. The topological polar surface area (TPSA) is 12.4 Å². The van der Waals surface area contributed by atoms with Crippen molar-refractivity contribution in [2.24, 2.45) is 4.99 Å². The molecule has 1 aromatic rings. The lowest BCUT2D eigenvalue weighted by molar-refractivity contribution is 0.950. The van der Waals surface area contributed by atoms with Crippen LogP contribution in [0.2, 0.25) is 0 Å². The van der Waals surface area contributed by atoms with E-state index in [9.17, 15) is 0 Å². The van der Waals surface area contributed by atoms with Gasteiger partial charge in [-0.3, -0.25) is 4.99 Å². The van der Waals surface area contributed by atoms with Crippen LogP contribution in [0.25, 0.3) is 5.57 Å². The first-order valence-electron chi connectivity index (χ1n) is 6.31. The average molecular weight is 339 g/mol. The third-order valence-corrected chi connectivity index (χ3v) is 3.93. The van der Waals surface area contributed by atoms with Gasteiger partial charge in [0.15, 0.2) is 0 Å². The minimum absolute atomic E-state index is 1.00. The number of nitrogens with zero attached hydrogens (tertiary/aromatic N) is 1. The van der Waals surface area contributed by atoms with Gasteiger partial charge in [0.25, 0.3) is 0 Å². The fraction of sp³-hybridized carbons (Fsp3) is 0.400. The Morgan fingerprint density at radius 2 is 2.24 bits per heavy atom. The van der Waals surface area contributed by atoms with E-state index in [0.717, 1.165) is 19.4 Å². The van der Waals surface area contributed by atoms with Crippen molar-refractivity contribution >= 4 is 33.9 Å². The number of halogens is 1. The molecule has 0 bridgehead atoms. The Morgan fingerprint density at radius 1 is 1.41 bits per heavy atom. The van der Waals surface area contributed by atoms with Gasteiger partial charge in [0.1, 0.15) is 0 Å². The van der Waals surface area contributed by atoms with Crippen LogP contribution in [0.4, 0.5) is 0 Å². The fourth-order valence-electron chi connectivity index (χ4n) is 2.11. The summed E-state index contributed by atoms with van der Waals surface area (Å²) in [5.41, 5.74) is 4.03. The summed E-state index contributed by atoms with van der Waals surface area (Å²) in [5, 5.41) is 0. The molecule has 0 spiro atoms. The molecule has 1 aliphatic rings. The molecule has 0 amide bonds. The van der Waals surface area contributed by atoms with Gasteiger partial charge in [0, 0.05) is 15.8 Å². The molecule has 0 N–H and O–H groups in total. The maximum atomic E-state index is 4.65. The monoisotopic (exact) mass is 339 g/mol. The Kier molecular flexibility index (Phi) is 4.77. The molecule has 0 radical (unpaired) electrons. The van der Waals surface area contributed by atoms with E-state index in [1.165, 1.54) is 33.3 Å². The van der Waals surface area contributed by atoms with Crippen molar-refractivity contribution < 1.29 is 0 Å². The maximum Gasteiger partial charge on any atom is 0.0424 e. The lowest BCUT2D eigenvalue weighted by Gasteiger charge is -2.10.